The Balaban J connectivity index is 2.31. The van der Waals surface area contributed by atoms with Crippen molar-refractivity contribution in [3.8, 4) is 0 Å². The minimum atomic E-state index is 0.230. The van der Waals surface area contributed by atoms with Gasteiger partial charge in [0.25, 0.3) is 0 Å². The van der Waals surface area contributed by atoms with Crippen LogP contribution in [0.15, 0.2) is 24.5 Å². The number of hydrogen-bond donors (Lipinski definition) is 2. The fourth-order valence-electron chi connectivity index (χ4n) is 1.33. The summed E-state index contributed by atoms with van der Waals surface area (Å²) >= 11 is 11.7. The molecule has 0 aliphatic heterocycles. The molecule has 0 amide bonds. The smallest absolute Gasteiger partial charge is 0.158 e. The van der Waals surface area contributed by atoms with E-state index in [4.69, 9.17) is 28.9 Å². The minimum Gasteiger partial charge on any atom is -0.393 e. The van der Waals surface area contributed by atoms with Gasteiger partial charge in [-0.15, -0.1) is 0 Å². The number of aromatic nitrogens is 2. The average Bonchev–Trinajstić information content (AvgIpc) is 2.30. The molecular weight excluding hydrogens is 259 g/mol. The Hall–Kier alpha value is -1.52. The second kappa shape index (κ2) is 4.77. The molecule has 6 heteroatoms. The van der Waals surface area contributed by atoms with Gasteiger partial charge in [-0.05, 0) is 30.7 Å². The Morgan fingerprint density at radius 2 is 2.00 bits per heavy atom. The number of nitrogens with one attached hydrogen (secondary N) is 1. The van der Waals surface area contributed by atoms with E-state index in [1.54, 1.807) is 6.07 Å². The molecule has 0 aliphatic carbocycles. The highest BCUT2D eigenvalue weighted by atomic mass is 35.5. The van der Waals surface area contributed by atoms with Crippen LogP contribution in [0.1, 0.15) is 5.56 Å². The minimum absolute atomic E-state index is 0.230. The predicted molar refractivity (Wildman–Crippen MR) is 70.9 cm³/mol. The number of halogens is 2. The second-order valence-corrected chi connectivity index (χ2v) is 4.28. The van der Waals surface area contributed by atoms with Crippen LogP contribution in [0, 0.1) is 6.92 Å². The predicted octanol–water partition coefficient (Wildman–Crippen LogP) is 3.42. The van der Waals surface area contributed by atoms with E-state index >= 15 is 0 Å². The van der Waals surface area contributed by atoms with Crippen LogP contribution >= 0.6 is 23.2 Å². The van der Waals surface area contributed by atoms with Crippen LogP contribution in [-0.2, 0) is 0 Å². The standard InChI is InChI=1S/C11H10Cl2N4/c1-6-4-7(2-3-8(6)12)17-11-9(14)10(13)15-5-16-11/h2-5H,14H2,1H3,(H,15,16,17). The zero-order chi connectivity index (χ0) is 12.4. The van der Waals surface area contributed by atoms with E-state index in [0.29, 0.717) is 16.5 Å². The van der Waals surface area contributed by atoms with E-state index in [2.05, 4.69) is 15.3 Å². The first-order chi connectivity index (χ1) is 8.08. The van der Waals surface area contributed by atoms with Crippen LogP contribution < -0.4 is 11.1 Å². The van der Waals surface area contributed by atoms with E-state index in [9.17, 15) is 0 Å². The number of nitrogens with two attached hydrogens (primary N) is 1. The van der Waals surface area contributed by atoms with Crippen molar-refractivity contribution >= 4 is 40.4 Å². The molecule has 0 aliphatic rings. The van der Waals surface area contributed by atoms with Gasteiger partial charge in [0.05, 0.1) is 0 Å². The number of aryl methyl sites for hydroxylation is 1. The Morgan fingerprint density at radius 1 is 1.24 bits per heavy atom. The molecule has 1 aromatic heterocycles. The Morgan fingerprint density at radius 3 is 2.71 bits per heavy atom. The van der Waals surface area contributed by atoms with E-state index in [1.165, 1.54) is 6.33 Å². The first-order valence-corrected chi connectivity index (χ1v) is 5.62. The topological polar surface area (TPSA) is 63.8 Å². The third-order valence-electron chi connectivity index (χ3n) is 2.26. The third-order valence-corrected chi connectivity index (χ3v) is 2.98. The zero-order valence-electron chi connectivity index (χ0n) is 9.04. The highest BCUT2D eigenvalue weighted by Gasteiger charge is 2.06. The van der Waals surface area contributed by atoms with Crippen LogP contribution in [0.25, 0.3) is 0 Å². The fourth-order valence-corrected chi connectivity index (χ4v) is 1.58. The summed E-state index contributed by atoms with van der Waals surface area (Å²) in [5, 5.41) is 4.00. The van der Waals surface area contributed by atoms with Gasteiger partial charge in [-0.1, -0.05) is 23.2 Å². The molecule has 0 fully saturated rings. The quantitative estimate of drug-likeness (QED) is 0.820. The van der Waals surface area contributed by atoms with Gasteiger partial charge in [-0.3, -0.25) is 0 Å². The van der Waals surface area contributed by atoms with Crippen molar-refractivity contribution in [1.82, 2.24) is 9.97 Å². The number of benzene rings is 1. The molecule has 88 valence electrons. The van der Waals surface area contributed by atoms with Crippen LogP contribution in [0.3, 0.4) is 0 Å². The molecule has 17 heavy (non-hydrogen) atoms. The van der Waals surface area contributed by atoms with Crippen molar-refractivity contribution in [2.45, 2.75) is 6.92 Å². The molecule has 0 spiro atoms. The molecule has 3 N–H and O–H groups in total. The number of nitrogen functional groups attached to an aromatic ring is 1. The van der Waals surface area contributed by atoms with Gasteiger partial charge in [-0.2, -0.15) is 0 Å². The number of hydrogen-bond acceptors (Lipinski definition) is 4. The van der Waals surface area contributed by atoms with E-state index in [-0.39, 0.29) is 5.15 Å². The molecule has 0 atom stereocenters. The highest BCUT2D eigenvalue weighted by Crippen LogP contribution is 2.27. The van der Waals surface area contributed by atoms with Crippen LogP contribution in [0.5, 0.6) is 0 Å². The highest BCUT2D eigenvalue weighted by molar-refractivity contribution is 6.32. The maximum atomic E-state index is 5.94. The molecule has 0 unspecified atom stereocenters. The second-order valence-electron chi connectivity index (χ2n) is 3.52. The first-order valence-electron chi connectivity index (χ1n) is 4.87. The molecule has 4 nitrogen and oxygen atoms in total. The lowest BCUT2D eigenvalue weighted by molar-refractivity contribution is 1.17. The molecule has 0 bridgehead atoms. The van der Waals surface area contributed by atoms with Crippen molar-refractivity contribution in [1.29, 1.82) is 0 Å². The molecule has 2 rings (SSSR count). The normalized spacial score (nSPS) is 10.3. The lowest BCUT2D eigenvalue weighted by Gasteiger charge is -2.09. The molecule has 0 radical (unpaired) electrons. The molecule has 2 aromatic rings. The summed E-state index contributed by atoms with van der Waals surface area (Å²) in [6.07, 6.45) is 1.35. The summed E-state index contributed by atoms with van der Waals surface area (Å²) in [6.45, 7) is 1.92. The maximum absolute atomic E-state index is 5.94. The van der Waals surface area contributed by atoms with E-state index in [0.717, 1.165) is 11.3 Å². The summed E-state index contributed by atoms with van der Waals surface area (Å²) in [7, 11) is 0. The lowest BCUT2D eigenvalue weighted by atomic mass is 10.2. The van der Waals surface area contributed by atoms with Gasteiger partial charge < -0.3 is 11.1 Å². The number of nitrogens with zero attached hydrogens (tertiary/aromatic N) is 2. The molecule has 1 aromatic carbocycles. The van der Waals surface area contributed by atoms with Crippen molar-refractivity contribution < 1.29 is 0 Å². The van der Waals surface area contributed by atoms with Crippen molar-refractivity contribution in [3.05, 3.63) is 40.3 Å². The third kappa shape index (κ3) is 2.60. The lowest BCUT2D eigenvalue weighted by Crippen LogP contribution is -2.01. The SMILES string of the molecule is Cc1cc(Nc2ncnc(Cl)c2N)ccc1Cl. The molecule has 0 saturated heterocycles. The molecular formula is C11H10Cl2N4. The largest absolute Gasteiger partial charge is 0.393 e. The van der Waals surface area contributed by atoms with E-state index in [1.807, 2.05) is 19.1 Å². The Kier molecular flexibility index (Phi) is 3.36. The summed E-state index contributed by atoms with van der Waals surface area (Å²) < 4.78 is 0. The first kappa shape index (κ1) is 12.0. The van der Waals surface area contributed by atoms with Crippen molar-refractivity contribution in [2.75, 3.05) is 11.1 Å². The van der Waals surface area contributed by atoms with Gasteiger partial charge in [0, 0.05) is 10.7 Å². The maximum Gasteiger partial charge on any atom is 0.158 e. The summed E-state index contributed by atoms with van der Waals surface area (Å²) in [4.78, 5) is 7.80. The van der Waals surface area contributed by atoms with Crippen LogP contribution in [-0.4, -0.2) is 9.97 Å². The summed E-state index contributed by atoms with van der Waals surface area (Å²) in [5.41, 5.74) is 7.88. The van der Waals surface area contributed by atoms with E-state index < -0.39 is 0 Å². The Bertz CT molecular complexity index is 557. The Labute approximate surface area is 109 Å². The molecule has 1 heterocycles. The summed E-state index contributed by atoms with van der Waals surface area (Å²) in [6, 6.07) is 5.54. The summed E-state index contributed by atoms with van der Waals surface area (Å²) in [5.74, 6) is 0.478. The monoisotopic (exact) mass is 268 g/mol. The number of anilines is 3. The van der Waals surface area contributed by atoms with Gasteiger partial charge in [0.2, 0.25) is 0 Å². The van der Waals surface area contributed by atoms with Crippen molar-refractivity contribution in [3.63, 3.8) is 0 Å². The molecule has 0 saturated carbocycles. The van der Waals surface area contributed by atoms with Gasteiger partial charge in [0.15, 0.2) is 11.0 Å². The average molecular weight is 269 g/mol. The number of rotatable bonds is 2. The van der Waals surface area contributed by atoms with Crippen LogP contribution in [0.4, 0.5) is 17.2 Å². The van der Waals surface area contributed by atoms with Crippen molar-refractivity contribution in [2.24, 2.45) is 0 Å². The fraction of sp³-hybridized carbons (Fsp3) is 0.0909. The van der Waals surface area contributed by atoms with Crippen LogP contribution in [0.2, 0.25) is 10.2 Å². The van der Waals surface area contributed by atoms with Gasteiger partial charge in [0.1, 0.15) is 12.0 Å². The zero-order valence-corrected chi connectivity index (χ0v) is 10.5. The van der Waals surface area contributed by atoms with Gasteiger partial charge >= 0.3 is 0 Å². The van der Waals surface area contributed by atoms with Gasteiger partial charge in [-0.25, -0.2) is 9.97 Å².